The monoisotopic (exact) mass is 1840 g/mol. The highest BCUT2D eigenvalue weighted by Crippen LogP contribution is 2.28. The van der Waals surface area contributed by atoms with Crippen molar-refractivity contribution in [3.63, 3.8) is 0 Å². The number of hydrogen-bond acceptors (Lipinski definition) is 3. The lowest BCUT2D eigenvalue weighted by atomic mass is 9.89. The molecule has 0 aromatic rings. The summed E-state index contributed by atoms with van der Waals surface area (Å²) in [6, 6.07) is 0. The molecule has 0 aromatic heterocycles. The summed E-state index contributed by atoms with van der Waals surface area (Å²) >= 11 is 0. The Bertz CT molecular complexity index is 2030. The third-order valence-corrected chi connectivity index (χ3v) is 29.0. The summed E-state index contributed by atoms with van der Waals surface area (Å²) in [6.45, 7) is 25.2. The molecular weight excluding hydrogens is 1590 g/mol. The van der Waals surface area contributed by atoms with Gasteiger partial charge in [0.25, 0.3) is 0 Å². The summed E-state index contributed by atoms with van der Waals surface area (Å²) < 4.78 is 0. The third kappa shape index (κ3) is 120. The van der Waals surface area contributed by atoms with Gasteiger partial charge in [0.2, 0.25) is 0 Å². The molecule has 0 aliphatic heterocycles. The van der Waals surface area contributed by atoms with Gasteiger partial charge in [0, 0.05) is 0 Å². The minimum absolute atomic E-state index is 0.946. The van der Waals surface area contributed by atoms with Gasteiger partial charge in [-0.3, -0.25) is 0 Å². The molecule has 1 N–H and O–H groups in total. The number of allylic oxidation sites excluding steroid dienone is 16. The SMILES string of the molecule is CCCCC/C=C\C/C=C\CCCCCCCCC(CCCCCCCC/C=C\C/C=C\CCCCC)CCCCCCNCCCC(CCCCCCCC/C=C\C/C=C\CCCCC)CCCCCCCC/C=C\C/C=C\CCCCC.CCCCCCCCCCCCCCN(C)CCCN(CCCCCCCCCCCCCC)CCCCCCCCCCCCCC. The predicted octanol–water partition coefficient (Wildman–Crippen LogP) is 45.1. The maximum Gasteiger partial charge on any atom is -0.000655 e. The molecule has 0 unspecified atom stereocenters. The van der Waals surface area contributed by atoms with Crippen LogP contribution in [0.5, 0.6) is 0 Å². The molecular formula is C129H249N3. The third-order valence-electron chi connectivity index (χ3n) is 29.0. The topological polar surface area (TPSA) is 18.5 Å². The molecule has 3 heteroatoms. The highest BCUT2D eigenvalue weighted by Gasteiger charge is 2.13. The average molecular weight is 1840 g/mol. The predicted molar refractivity (Wildman–Crippen MR) is 610 cm³/mol. The van der Waals surface area contributed by atoms with E-state index >= 15 is 0 Å². The largest absolute Gasteiger partial charge is 0.317 e. The van der Waals surface area contributed by atoms with Gasteiger partial charge >= 0.3 is 0 Å². The number of nitrogens with one attached hydrogen (secondary N) is 1. The summed E-state index contributed by atoms with van der Waals surface area (Å²) in [5.41, 5.74) is 0. The van der Waals surface area contributed by atoms with Crippen LogP contribution in [0.1, 0.15) is 665 Å². The van der Waals surface area contributed by atoms with E-state index in [9.17, 15) is 0 Å². The van der Waals surface area contributed by atoms with Crippen molar-refractivity contribution in [2.75, 3.05) is 52.9 Å². The van der Waals surface area contributed by atoms with Gasteiger partial charge in [-0.2, -0.15) is 0 Å². The minimum Gasteiger partial charge on any atom is -0.317 e. The van der Waals surface area contributed by atoms with Crippen LogP contribution in [0.3, 0.4) is 0 Å². The van der Waals surface area contributed by atoms with E-state index in [0.717, 1.165) is 37.5 Å². The molecule has 0 atom stereocenters. The Morgan fingerprint density at radius 1 is 0.152 bits per heavy atom. The first-order valence-corrected chi connectivity index (χ1v) is 61.8. The van der Waals surface area contributed by atoms with Crippen LogP contribution in [0.15, 0.2) is 97.2 Å². The van der Waals surface area contributed by atoms with Gasteiger partial charge in [0.1, 0.15) is 0 Å². The molecule has 0 aromatic carbocycles. The smallest absolute Gasteiger partial charge is 0.000655 e. The summed E-state index contributed by atoms with van der Waals surface area (Å²) in [4.78, 5) is 5.48. The Morgan fingerprint density at radius 2 is 0.311 bits per heavy atom. The zero-order valence-electron chi connectivity index (χ0n) is 92.6. The molecule has 0 bridgehead atoms. The van der Waals surface area contributed by atoms with E-state index in [0.29, 0.717) is 0 Å². The first-order valence-electron chi connectivity index (χ1n) is 61.8. The van der Waals surface area contributed by atoms with E-state index in [1.165, 1.54) is 637 Å². The van der Waals surface area contributed by atoms with Crippen LogP contribution >= 0.6 is 0 Å². The highest BCUT2D eigenvalue weighted by atomic mass is 15.1. The summed E-state index contributed by atoms with van der Waals surface area (Å²) in [5, 5.41) is 3.91. The molecule has 132 heavy (non-hydrogen) atoms. The van der Waals surface area contributed by atoms with Crippen molar-refractivity contribution in [2.24, 2.45) is 11.8 Å². The molecule has 0 saturated heterocycles. The fraction of sp³-hybridized carbons (Fsp3) is 0.876. The van der Waals surface area contributed by atoms with Crippen molar-refractivity contribution >= 4 is 0 Å². The van der Waals surface area contributed by atoms with E-state index in [1.807, 2.05) is 0 Å². The van der Waals surface area contributed by atoms with Crippen molar-refractivity contribution < 1.29 is 0 Å². The Hall–Kier alpha value is -2.20. The van der Waals surface area contributed by atoms with Crippen LogP contribution in [0.4, 0.5) is 0 Å². The zero-order valence-corrected chi connectivity index (χ0v) is 92.6. The molecule has 780 valence electrons. The zero-order chi connectivity index (χ0) is 95.2. The van der Waals surface area contributed by atoms with E-state index in [2.05, 4.69) is 168 Å². The quantitative estimate of drug-likeness (QED) is 0.0484. The molecule has 0 amide bonds. The molecule has 0 radical (unpaired) electrons. The number of nitrogens with zero attached hydrogens (tertiary/aromatic N) is 2. The van der Waals surface area contributed by atoms with Gasteiger partial charge in [0.05, 0.1) is 0 Å². The standard InChI is InChI=1S/C83H153N.C46H96N2/c1-5-9-13-17-21-25-29-33-37-41-45-49-53-57-61-67-74-82(75-68-62-58-54-50-46-42-38-34-30-26-22-18-14-10-6-2)76-71-65-66-72-80-84-81-73-79-83(77-69-63-59-55-51-47-43-39-35-31-27-23-19-15-11-7-3)78-70-64-60-56-52-48-44-40-36-32-28-24-20-16-12-8-4;1-5-8-11-14-17-20-23-26-29-32-35-38-42-47(4)43-41-46-48(44-39-36-33-30-27-24-21-18-15-12-9-6-2)45-40-37-34-31-28-25-22-19-16-13-10-7-3/h21-28,33-40,82-84H,5-20,29-32,41-81H2,1-4H3;5-46H2,1-4H3/b25-21-,26-22-,27-23-,28-24-,37-33-,38-34-,39-35-,40-36-;. The lowest BCUT2D eigenvalue weighted by Gasteiger charge is -2.24. The van der Waals surface area contributed by atoms with Crippen LogP contribution in [-0.4, -0.2) is 62.7 Å². The van der Waals surface area contributed by atoms with E-state index in [4.69, 9.17) is 0 Å². The molecule has 0 saturated carbocycles. The van der Waals surface area contributed by atoms with Crippen molar-refractivity contribution in [1.29, 1.82) is 0 Å². The van der Waals surface area contributed by atoms with Gasteiger partial charge < -0.3 is 15.1 Å². The van der Waals surface area contributed by atoms with Crippen LogP contribution in [0.25, 0.3) is 0 Å². The Labute approximate surface area is 836 Å². The van der Waals surface area contributed by atoms with E-state index in [-0.39, 0.29) is 0 Å². The lowest BCUT2D eigenvalue weighted by molar-refractivity contribution is 0.234. The molecule has 0 aliphatic carbocycles. The number of hydrogen-bond donors (Lipinski definition) is 1. The Kier molecular flexibility index (Phi) is 125. The van der Waals surface area contributed by atoms with Crippen LogP contribution in [0.2, 0.25) is 0 Å². The maximum absolute atomic E-state index is 3.91. The molecule has 0 heterocycles. The molecule has 0 aliphatic rings. The van der Waals surface area contributed by atoms with Crippen molar-refractivity contribution in [3.05, 3.63) is 97.2 Å². The first-order chi connectivity index (χ1) is 65.5. The van der Waals surface area contributed by atoms with Gasteiger partial charge in [-0.05, 0) is 238 Å². The van der Waals surface area contributed by atoms with Crippen LogP contribution in [-0.2, 0) is 0 Å². The van der Waals surface area contributed by atoms with Crippen LogP contribution in [0, 0.1) is 11.8 Å². The second-order valence-electron chi connectivity index (χ2n) is 42.5. The van der Waals surface area contributed by atoms with Crippen LogP contribution < -0.4 is 5.32 Å². The fourth-order valence-corrected chi connectivity index (χ4v) is 19.8. The van der Waals surface area contributed by atoms with Crippen molar-refractivity contribution in [2.45, 2.75) is 665 Å². The maximum atomic E-state index is 3.91. The van der Waals surface area contributed by atoms with Gasteiger partial charge in [-0.25, -0.2) is 0 Å². The summed E-state index contributed by atoms with van der Waals surface area (Å²) in [7, 11) is 2.37. The normalized spacial score (nSPS) is 12.4. The molecule has 0 spiro atoms. The fourth-order valence-electron chi connectivity index (χ4n) is 19.8. The van der Waals surface area contributed by atoms with E-state index in [1.54, 1.807) is 0 Å². The highest BCUT2D eigenvalue weighted by molar-refractivity contribution is 4.96. The Morgan fingerprint density at radius 3 is 0.553 bits per heavy atom. The second kappa shape index (κ2) is 125. The van der Waals surface area contributed by atoms with E-state index < -0.39 is 0 Å². The molecule has 3 nitrogen and oxygen atoms in total. The number of unbranched alkanes of at least 4 members (excludes halogenated alkanes) is 72. The molecule has 0 fully saturated rings. The van der Waals surface area contributed by atoms with Gasteiger partial charge in [-0.1, -0.05) is 589 Å². The summed E-state index contributed by atoms with van der Waals surface area (Å²) in [5.74, 6) is 1.92. The van der Waals surface area contributed by atoms with Crippen molar-refractivity contribution in [1.82, 2.24) is 15.1 Å². The number of rotatable bonds is 114. The van der Waals surface area contributed by atoms with Gasteiger partial charge in [-0.15, -0.1) is 0 Å². The first kappa shape index (κ1) is 132. The second-order valence-corrected chi connectivity index (χ2v) is 42.5. The van der Waals surface area contributed by atoms with Crippen molar-refractivity contribution in [3.8, 4) is 0 Å². The summed E-state index contributed by atoms with van der Waals surface area (Å²) in [6.07, 6.45) is 173. The Balaban J connectivity index is 0. The molecule has 0 rings (SSSR count). The van der Waals surface area contributed by atoms with Gasteiger partial charge in [0.15, 0.2) is 0 Å². The average Bonchev–Trinajstić information content (AvgIpc) is 1.13. The minimum atomic E-state index is 0.946. The lowest BCUT2D eigenvalue weighted by Crippen LogP contribution is -2.30.